The lowest BCUT2D eigenvalue weighted by molar-refractivity contribution is 0.325. The van der Waals surface area contributed by atoms with Crippen LogP contribution in [0.1, 0.15) is 56.7 Å². The zero-order valence-electron chi connectivity index (χ0n) is 12.9. The van der Waals surface area contributed by atoms with E-state index in [1.54, 1.807) is 11.1 Å². The van der Waals surface area contributed by atoms with Gasteiger partial charge in [-0.3, -0.25) is 0 Å². The Bertz CT molecular complexity index is 406. The summed E-state index contributed by atoms with van der Waals surface area (Å²) in [5, 5.41) is 3.52. The molecule has 0 saturated heterocycles. The van der Waals surface area contributed by atoms with Crippen molar-refractivity contribution in [3.8, 4) is 0 Å². The van der Waals surface area contributed by atoms with Crippen LogP contribution in [-0.2, 0) is 19.3 Å². The normalized spacial score (nSPS) is 14.7. The van der Waals surface area contributed by atoms with Crippen LogP contribution in [0.15, 0.2) is 18.2 Å². The van der Waals surface area contributed by atoms with Gasteiger partial charge >= 0.3 is 0 Å². The Morgan fingerprint density at radius 3 is 2.68 bits per heavy atom. The van der Waals surface area contributed by atoms with Gasteiger partial charge in [0.25, 0.3) is 0 Å². The number of hydrogen-bond donors (Lipinski definition) is 1. The number of hydrogen-bond acceptors (Lipinski definition) is 1. The summed E-state index contributed by atoms with van der Waals surface area (Å²) < 4.78 is 0. The van der Waals surface area contributed by atoms with Gasteiger partial charge < -0.3 is 5.32 Å². The molecule has 0 fully saturated rings. The van der Waals surface area contributed by atoms with Crippen molar-refractivity contribution in [2.45, 2.75) is 59.3 Å². The third kappa shape index (κ3) is 4.35. The highest BCUT2D eigenvalue weighted by atomic mass is 14.8. The standard InChI is InChI=1S/C18H29N/c1-4-11-19-12-10-18(2,3)14-15-8-9-16-6-5-7-17(16)13-15/h8-9,13,19H,4-7,10-12,14H2,1-3H3. The zero-order chi connectivity index (χ0) is 13.7. The molecule has 0 amide bonds. The molecule has 0 radical (unpaired) electrons. The van der Waals surface area contributed by atoms with Crippen LogP contribution in [0.4, 0.5) is 0 Å². The Labute approximate surface area is 118 Å². The van der Waals surface area contributed by atoms with Crippen LogP contribution in [0.2, 0.25) is 0 Å². The van der Waals surface area contributed by atoms with E-state index in [0.717, 1.165) is 13.1 Å². The molecule has 0 spiro atoms. The molecule has 1 aliphatic carbocycles. The van der Waals surface area contributed by atoms with Crippen molar-refractivity contribution in [1.82, 2.24) is 5.32 Å². The molecule has 106 valence electrons. The molecule has 1 heteroatoms. The third-order valence-corrected chi connectivity index (χ3v) is 4.25. The fourth-order valence-corrected chi connectivity index (χ4v) is 3.10. The van der Waals surface area contributed by atoms with E-state index in [2.05, 4.69) is 44.3 Å². The summed E-state index contributed by atoms with van der Waals surface area (Å²) in [6.07, 6.45) is 7.62. The maximum Gasteiger partial charge on any atom is -0.00437 e. The van der Waals surface area contributed by atoms with Gasteiger partial charge in [-0.2, -0.15) is 0 Å². The summed E-state index contributed by atoms with van der Waals surface area (Å²) in [5.74, 6) is 0. The highest BCUT2D eigenvalue weighted by Crippen LogP contribution is 2.29. The molecule has 2 rings (SSSR count). The SMILES string of the molecule is CCCNCCC(C)(C)Cc1ccc2c(c1)CCC2. The van der Waals surface area contributed by atoms with E-state index in [4.69, 9.17) is 0 Å². The lowest BCUT2D eigenvalue weighted by atomic mass is 9.82. The molecule has 0 aromatic heterocycles. The first-order valence-corrected chi connectivity index (χ1v) is 7.92. The minimum Gasteiger partial charge on any atom is -0.317 e. The monoisotopic (exact) mass is 259 g/mol. The molecule has 19 heavy (non-hydrogen) atoms. The van der Waals surface area contributed by atoms with Gasteiger partial charge in [-0.1, -0.05) is 39.0 Å². The molecular formula is C18H29N. The van der Waals surface area contributed by atoms with Crippen LogP contribution in [0.25, 0.3) is 0 Å². The third-order valence-electron chi connectivity index (χ3n) is 4.25. The minimum absolute atomic E-state index is 0.396. The van der Waals surface area contributed by atoms with Gasteiger partial charge in [0.2, 0.25) is 0 Å². The van der Waals surface area contributed by atoms with Crippen LogP contribution in [-0.4, -0.2) is 13.1 Å². The molecule has 1 N–H and O–H groups in total. The average Bonchev–Trinajstić information content (AvgIpc) is 2.81. The van der Waals surface area contributed by atoms with Crippen LogP contribution >= 0.6 is 0 Å². The van der Waals surface area contributed by atoms with E-state index in [9.17, 15) is 0 Å². The smallest absolute Gasteiger partial charge is 0.00437 e. The lowest BCUT2D eigenvalue weighted by Gasteiger charge is -2.25. The second kappa shape index (κ2) is 6.56. The molecule has 1 aliphatic rings. The first kappa shape index (κ1) is 14.6. The number of aryl methyl sites for hydroxylation is 2. The van der Waals surface area contributed by atoms with Crippen LogP contribution in [0.3, 0.4) is 0 Å². The van der Waals surface area contributed by atoms with E-state index >= 15 is 0 Å². The number of nitrogens with one attached hydrogen (secondary N) is 1. The predicted octanol–water partition coefficient (Wildman–Crippen LogP) is 4.13. The molecule has 0 atom stereocenters. The van der Waals surface area contributed by atoms with Gasteiger partial charge in [-0.25, -0.2) is 0 Å². The fourth-order valence-electron chi connectivity index (χ4n) is 3.10. The Kier molecular flexibility index (Phi) is 5.04. The molecule has 0 aliphatic heterocycles. The second-order valence-electron chi connectivity index (χ2n) is 6.80. The van der Waals surface area contributed by atoms with Crippen molar-refractivity contribution in [3.05, 3.63) is 34.9 Å². The molecule has 0 unspecified atom stereocenters. The Morgan fingerprint density at radius 2 is 1.89 bits per heavy atom. The van der Waals surface area contributed by atoms with Crippen molar-refractivity contribution in [1.29, 1.82) is 0 Å². The maximum absolute atomic E-state index is 3.52. The molecule has 0 bridgehead atoms. The first-order valence-electron chi connectivity index (χ1n) is 7.92. The molecule has 0 heterocycles. The van der Waals surface area contributed by atoms with Gasteiger partial charge in [-0.05, 0) is 73.7 Å². The van der Waals surface area contributed by atoms with Gasteiger partial charge in [0.1, 0.15) is 0 Å². The number of fused-ring (bicyclic) bond motifs is 1. The molecular weight excluding hydrogens is 230 g/mol. The highest BCUT2D eigenvalue weighted by molar-refractivity contribution is 5.35. The Morgan fingerprint density at radius 1 is 1.11 bits per heavy atom. The Balaban J connectivity index is 1.88. The van der Waals surface area contributed by atoms with E-state index < -0.39 is 0 Å². The molecule has 0 saturated carbocycles. The summed E-state index contributed by atoms with van der Waals surface area (Å²) in [4.78, 5) is 0. The van der Waals surface area contributed by atoms with Crippen LogP contribution in [0.5, 0.6) is 0 Å². The Hall–Kier alpha value is -0.820. The van der Waals surface area contributed by atoms with E-state index in [1.807, 2.05) is 0 Å². The molecule has 1 aromatic rings. The number of benzene rings is 1. The van der Waals surface area contributed by atoms with Crippen molar-refractivity contribution in [2.75, 3.05) is 13.1 Å². The summed E-state index contributed by atoms with van der Waals surface area (Å²) in [6.45, 7) is 9.31. The van der Waals surface area contributed by atoms with Gasteiger partial charge in [0.15, 0.2) is 0 Å². The first-order chi connectivity index (χ1) is 9.11. The van der Waals surface area contributed by atoms with Crippen LogP contribution < -0.4 is 5.32 Å². The summed E-state index contributed by atoms with van der Waals surface area (Å²) in [6, 6.07) is 7.18. The highest BCUT2D eigenvalue weighted by Gasteiger charge is 2.19. The minimum atomic E-state index is 0.396. The second-order valence-corrected chi connectivity index (χ2v) is 6.80. The number of rotatable bonds is 7. The maximum atomic E-state index is 3.52. The average molecular weight is 259 g/mol. The van der Waals surface area contributed by atoms with Crippen molar-refractivity contribution in [3.63, 3.8) is 0 Å². The van der Waals surface area contributed by atoms with Gasteiger partial charge in [0.05, 0.1) is 0 Å². The van der Waals surface area contributed by atoms with E-state index in [0.29, 0.717) is 5.41 Å². The predicted molar refractivity (Wildman–Crippen MR) is 83.7 cm³/mol. The largest absolute Gasteiger partial charge is 0.317 e. The van der Waals surface area contributed by atoms with E-state index in [1.165, 1.54) is 44.1 Å². The zero-order valence-corrected chi connectivity index (χ0v) is 12.9. The quantitative estimate of drug-likeness (QED) is 0.726. The van der Waals surface area contributed by atoms with Gasteiger partial charge in [0, 0.05) is 0 Å². The van der Waals surface area contributed by atoms with E-state index in [-0.39, 0.29) is 0 Å². The van der Waals surface area contributed by atoms with Crippen LogP contribution in [0, 0.1) is 5.41 Å². The van der Waals surface area contributed by atoms with Crippen molar-refractivity contribution >= 4 is 0 Å². The fraction of sp³-hybridized carbons (Fsp3) is 0.667. The summed E-state index contributed by atoms with van der Waals surface area (Å²) in [7, 11) is 0. The van der Waals surface area contributed by atoms with Crippen molar-refractivity contribution < 1.29 is 0 Å². The topological polar surface area (TPSA) is 12.0 Å². The summed E-state index contributed by atoms with van der Waals surface area (Å²) >= 11 is 0. The van der Waals surface area contributed by atoms with Gasteiger partial charge in [-0.15, -0.1) is 0 Å². The van der Waals surface area contributed by atoms with Crippen molar-refractivity contribution in [2.24, 2.45) is 5.41 Å². The molecule has 1 nitrogen and oxygen atoms in total. The lowest BCUT2D eigenvalue weighted by Crippen LogP contribution is -2.24. The summed E-state index contributed by atoms with van der Waals surface area (Å²) in [5.41, 5.74) is 5.12. The molecule has 1 aromatic carbocycles.